The Morgan fingerprint density at radius 3 is 2.12 bits per heavy atom. The van der Waals surface area contributed by atoms with Gasteiger partial charge in [-0.15, -0.1) is 0 Å². The van der Waals surface area contributed by atoms with E-state index < -0.39 is 24.6 Å². The molecular formula is C11H22O5. The molecule has 0 heterocycles. The summed E-state index contributed by atoms with van der Waals surface area (Å²) in [7, 11) is 0. The third kappa shape index (κ3) is 5.44. The number of ether oxygens (including phenoxy) is 1. The van der Waals surface area contributed by atoms with Gasteiger partial charge in [0.15, 0.2) is 0 Å². The van der Waals surface area contributed by atoms with Crippen molar-refractivity contribution in [2.45, 2.75) is 32.6 Å². The number of carbonyl (C=O) groups excluding carboxylic acids is 1. The van der Waals surface area contributed by atoms with Gasteiger partial charge < -0.3 is 20.1 Å². The maximum absolute atomic E-state index is 11.4. The summed E-state index contributed by atoms with van der Waals surface area (Å²) < 4.78 is 4.95. The zero-order valence-corrected chi connectivity index (χ0v) is 9.81. The van der Waals surface area contributed by atoms with Gasteiger partial charge in [0.2, 0.25) is 0 Å². The van der Waals surface area contributed by atoms with E-state index in [0.29, 0.717) is 6.61 Å². The van der Waals surface area contributed by atoms with Gasteiger partial charge in [-0.3, -0.25) is 4.79 Å². The van der Waals surface area contributed by atoms with Crippen molar-refractivity contribution in [3.05, 3.63) is 0 Å². The van der Waals surface area contributed by atoms with Gasteiger partial charge in [-0.25, -0.2) is 0 Å². The minimum absolute atomic E-state index is 0.187. The zero-order valence-electron chi connectivity index (χ0n) is 9.81. The van der Waals surface area contributed by atoms with E-state index in [0.717, 1.165) is 25.7 Å². The Balaban J connectivity index is 3.64. The largest absolute Gasteiger partial charge is 0.465 e. The summed E-state index contributed by atoms with van der Waals surface area (Å²) >= 11 is 0. The molecule has 0 aromatic heterocycles. The molecule has 0 saturated heterocycles. The Hall–Kier alpha value is -0.650. The van der Waals surface area contributed by atoms with Gasteiger partial charge in [0, 0.05) is 6.61 Å². The fourth-order valence-corrected chi connectivity index (χ4v) is 1.09. The first-order chi connectivity index (χ1) is 7.60. The second-order valence-corrected chi connectivity index (χ2v) is 4.15. The topological polar surface area (TPSA) is 87.0 Å². The number of hydrogen-bond donors (Lipinski definition) is 3. The highest BCUT2D eigenvalue weighted by atomic mass is 16.5. The number of hydrogen-bond acceptors (Lipinski definition) is 5. The molecule has 0 atom stereocenters. The standard InChI is InChI=1S/C11H22O5/c1-11(8-13,9-14)10(15)16-7-5-3-2-4-6-12/h12-14H,2-9H2,1H3. The quantitative estimate of drug-likeness (QED) is 0.388. The van der Waals surface area contributed by atoms with E-state index in [-0.39, 0.29) is 6.61 Å². The summed E-state index contributed by atoms with van der Waals surface area (Å²) in [5, 5.41) is 26.4. The smallest absolute Gasteiger partial charge is 0.316 e. The van der Waals surface area contributed by atoms with Crippen molar-refractivity contribution in [2.24, 2.45) is 5.41 Å². The summed E-state index contributed by atoms with van der Waals surface area (Å²) in [6, 6.07) is 0. The van der Waals surface area contributed by atoms with Gasteiger partial charge in [0.1, 0.15) is 5.41 Å². The molecule has 0 aliphatic heterocycles. The molecule has 5 nitrogen and oxygen atoms in total. The second kappa shape index (κ2) is 8.50. The number of rotatable bonds is 9. The third-order valence-corrected chi connectivity index (χ3v) is 2.48. The molecule has 0 rings (SSSR count). The van der Waals surface area contributed by atoms with Gasteiger partial charge in [-0.05, 0) is 26.2 Å². The zero-order chi connectivity index (χ0) is 12.4. The van der Waals surface area contributed by atoms with Crippen LogP contribution in [0.15, 0.2) is 0 Å². The molecule has 16 heavy (non-hydrogen) atoms. The Morgan fingerprint density at radius 1 is 1.06 bits per heavy atom. The third-order valence-electron chi connectivity index (χ3n) is 2.48. The van der Waals surface area contributed by atoms with Crippen molar-refractivity contribution in [2.75, 3.05) is 26.4 Å². The lowest BCUT2D eigenvalue weighted by Crippen LogP contribution is -2.37. The molecule has 0 aliphatic rings. The molecular weight excluding hydrogens is 212 g/mol. The monoisotopic (exact) mass is 234 g/mol. The lowest BCUT2D eigenvalue weighted by atomic mass is 9.93. The maximum atomic E-state index is 11.4. The van der Waals surface area contributed by atoms with Crippen molar-refractivity contribution < 1.29 is 24.9 Å². The molecule has 0 saturated carbocycles. The molecule has 0 aliphatic carbocycles. The Morgan fingerprint density at radius 2 is 1.62 bits per heavy atom. The molecule has 0 spiro atoms. The van der Waals surface area contributed by atoms with Crippen molar-refractivity contribution in [3.63, 3.8) is 0 Å². The van der Waals surface area contributed by atoms with Gasteiger partial charge >= 0.3 is 5.97 Å². The van der Waals surface area contributed by atoms with Crippen molar-refractivity contribution >= 4 is 5.97 Å². The Bertz CT molecular complexity index is 189. The number of carbonyl (C=O) groups is 1. The molecule has 0 unspecified atom stereocenters. The lowest BCUT2D eigenvalue weighted by Gasteiger charge is -2.22. The maximum Gasteiger partial charge on any atom is 0.316 e. The highest BCUT2D eigenvalue weighted by molar-refractivity contribution is 5.76. The Labute approximate surface area is 96.0 Å². The molecule has 0 radical (unpaired) electrons. The predicted octanol–water partition coefficient (Wildman–Crippen LogP) is 0.0732. The molecule has 5 heteroatoms. The van der Waals surface area contributed by atoms with E-state index in [1.165, 1.54) is 6.92 Å². The fourth-order valence-electron chi connectivity index (χ4n) is 1.09. The Kier molecular flexibility index (Phi) is 8.15. The first-order valence-electron chi connectivity index (χ1n) is 5.60. The van der Waals surface area contributed by atoms with Crippen LogP contribution in [0.2, 0.25) is 0 Å². The van der Waals surface area contributed by atoms with Crippen molar-refractivity contribution in [1.29, 1.82) is 0 Å². The lowest BCUT2D eigenvalue weighted by molar-refractivity contribution is -0.160. The van der Waals surface area contributed by atoms with Gasteiger partial charge in [0.05, 0.1) is 19.8 Å². The van der Waals surface area contributed by atoms with Crippen molar-refractivity contribution in [1.82, 2.24) is 0 Å². The number of unbranched alkanes of at least 4 members (excludes halogenated alkanes) is 3. The number of esters is 1. The number of aliphatic hydroxyl groups excluding tert-OH is 3. The van der Waals surface area contributed by atoms with E-state index in [2.05, 4.69) is 0 Å². The summed E-state index contributed by atoms with van der Waals surface area (Å²) in [4.78, 5) is 11.4. The van der Waals surface area contributed by atoms with Gasteiger partial charge in [-0.2, -0.15) is 0 Å². The molecule has 96 valence electrons. The summed E-state index contributed by atoms with van der Waals surface area (Å²) in [6.45, 7) is 1.09. The second-order valence-electron chi connectivity index (χ2n) is 4.15. The first kappa shape index (κ1) is 15.3. The van der Waals surface area contributed by atoms with E-state index in [9.17, 15) is 4.79 Å². The van der Waals surface area contributed by atoms with Crippen LogP contribution in [0.25, 0.3) is 0 Å². The van der Waals surface area contributed by atoms with Crippen molar-refractivity contribution in [3.8, 4) is 0 Å². The molecule has 0 amide bonds. The van der Waals surface area contributed by atoms with Crippen LogP contribution >= 0.6 is 0 Å². The average molecular weight is 234 g/mol. The van der Waals surface area contributed by atoms with Gasteiger partial charge in [0.25, 0.3) is 0 Å². The van der Waals surface area contributed by atoms with Crippen LogP contribution in [0.3, 0.4) is 0 Å². The van der Waals surface area contributed by atoms with Crippen LogP contribution in [-0.2, 0) is 9.53 Å². The number of aliphatic hydroxyl groups is 3. The summed E-state index contributed by atoms with van der Waals surface area (Å²) in [6.07, 6.45) is 3.30. The normalized spacial score (nSPS) is 11.5. The van der Waals surface area contributed by atoms with E-state index >= 15 is 0 Å². The van der Waals surface area contributed by atoms with Crippen LogP contribution < -0.4 is 0 Å². The summed E-state index contributed by atoms with van der Waals surface area (Å²) in [5.41, 5.74) is -1.20. The van der Waals surface area contributed by atoms with Crippen LogP contribution in [-0.4, -0.2) is 47.7 Å². The molecule has 3 N–H and O–H groups in total. The molecule has 0 fully saturated rings. The van der Waals surface area contributed by atoms with Crippen LogP contribution in [0.5, 0.6) is 0 Å². The average Bonchev–Trinajstić information content (AvgIpc) is 2.32. The van der Waals surface area contributed by atoms with E-state index in [1.807, 2.05) is 0 Å². The minimum Gasteiger partial charge on any atom is -0.465 e. The predicted molar refractivity (Wildman–Crippen MR) is 58.8 cm³/mol. The van der Waals surface area contributed by atoms with Crippen LogP contribution in [0.1, 0.15) is 32.6 Å². The van der Waals surface area contributed by atoms with E-state index in [4.69, 9.17) is 20.1 Å². The first-order valence-corrected chi connectivity index (χ1v) is 5.60. The highest BCUT2D eigenvalue weighted by Crippen LogP contribution is 2.16. The minimum atomic E-state index is -1.20. The SMILES string of the molecule is CC(CO)(CO)C(=O)OCCCCCCO. The van der Waals surface area contributed by atoms with Crippen LogP contribution in [0, 0.1) is 5.41 Å². The van der Waals surface area contributed by atoms with Crippen LogP contribution in [0.4, 0.5) is 0 Å². The molecule has 0 aromatic carbocycles. The molecule has 0 bridgehead atoms. The fraction of sp³-hybridized carbons (Fsp3) is 0.909. The van der Waals surface area contributed by atoms with Gasteiger partial charge in [-0.1, -0.05) is 6.42 Å². The highest BCUT2D eigenvalue weighted by Gasteiger charge is 2.33. The molecule has 0 aromatic rings. The van der Waals surface area contributed by atoms with E-state index in [1.54, 1.807) is 0 Å². The summed E-state index contributed by atoms with van der Waals surface area (Å²) in [5.74, 6) is -0.570.